The standard InChI is InChI=1S/C29H28ClN3O3/c1-4-19(2)36-27-18-25-21(16-26(27)35-3)17-28(34)33(29(25)20-6-8-22(30)9-7-20)24-12-10-23(11-13-24)32-15-5-14-31-32/h5-16,18-19,29H,4,17H2,1-3H3. The maximum absolute atomic E-state index is 13.6. The highest BCUT2D eigenvalue weighted by Crippen LogP contribution is 2.44. The van der Waals surface area contributed by atoms with Gasteiger partial charge in [0.2, 0.25) is 5.91 Å². The number of benzene rings is 3. The van der Waals surface area contributed by atoms with Gasteiger partial charge in [-0.2, -0.15) is 5.10 Å². The normalized spacial score (nSPS) is 15.9. The quantitative estimate of drug-likeness (QED) is 0.294. The van der Waals surface area contributed by atoms with Crippen molar-refractivity contribution in [1.29, 1.82) is 0 Å². The van der Waals surface area contributed by atoms with E-state index in [4.69, 9.17) is 21.1 Å². The third-order valence-corrected chi connectivity index (χ3v) is 6.83. The van der Waals surface area contributed by atoms with Gasteiger partial charge in [-0.25, -0.2) is 4.68 Å². The highest BCUT2D eigenvalue weighted by molar-refractivity contribution is 6.30. The van der Waals surface area contributed by atoms with Gasteiger partial charge in [-0.05, 0) is 84.6 Å². The molecule has 1 aliphatic heterocycles. The van der Waals surface area contributed by atoms with Crippen molar-refractivity contribution in [2.75, 3.05) is 12.0 Å². The summed E-state index contributed by atoms with van der Waals surface area (Å²) in [6.07, 6.45) is 4.79. The molecule has 1 aromatic heterocycles. The summed E-state index contributed by atoms with van der Waals surface area (Å²) in [6, 6.07) is 21.0. The number of hydrogen-bond donors (Lipinski definition) is 0. The Morgan fingerprint density at radius 2 is 1.78 bits per heavy atom. The summed E-state index contributed by atoms with van der Waals surface area (Å²) in [6.45, 7) is 4.12. The molecular weight excluding hydrogens is 474 g/mol. The molecule has 1 aliphatic rings. The molecule has 2 atom stereocenters. The van der Waals surface area contributed by atoms with Crippen molar-refractivity contribution in [1.82, 2.24) is 9.78 Å². The predicted molar refractivity (Wildman–Crippen MR) is 141 cm³/mol. The van der Waals surface area contributed by atoms with Crippen LogP contribution in [0.25, 0.3) is 5.69 Å². The Labute approximate surface area is 216 Å². The van der Waals surface area contributed by atoms with Crippen LogP contribution in [0.15, 0.2) is 79.1 Å². The highest BCUT2D eigenvalue weighted by atomic mass is 35.5. The first-order chi connectivity index (χ1) is 17.5. The minimum absolute atomic E-state index is 0.00642. The Hall–Kier alpha value is -3.77. The molecule has 0 fully saturated rings. The van der Waals surface area contributed by atoms with Gasteiger partial charge < -0.3 is 14.4 Å². The molecular formula is C29H28ClN3O3. The van der Waals surface area contributed by atoms with Crippen molar-refractivity contribution in [3.05, 3.63) is 101 Å². The van der Waals surface area contributed by atoms with E-state index in [9.17, 15) is 4.79 Å². The van der Waals surface area contributed by atoms with Crippen LogP contribution in [0, 0.1) is 0 Å². The van der Waals surface area contributed by atoms with E-state index < -0.39 is 0 Å². The maximum atomic E-state index is 13.6. The topological polar surface area (TPSA) is 56.6 Å². The summed E-state index contributed by atoms with van der Waals surface area (Å²) in [4.78, 5) is 15.5. The number of nitrogens with zero attached hydrogens (tertiary/aromatic N) is 3. The van der Waals surface area contributed by atoms with Gasteiger partial charge in [-0.15, -0.1) is 0 Å². The van der Waals surface area contributed by atoms with E-state index in [2.05, 4.69) is 12.0 Å². The lowest BCUT2D eigenvalue weighted by atomic mass is 9.86. The van der Waals surface area contributed by atoms with Crippen molar-refractivity contribution in [3.63, 3.8) is 0 Å². The van der Waals surface area contributed by atoms with Crippen LogP contribution in [0.2, 0.25) is 5.02 Å². The monoisotopic (exact) mass is 501 g/mol. The minimum Gasteiger partial charge on any atom is -0.493 e. The molecule has 5 rings (SSSR count). The summed E-state index contributed by atoms with van der Waals surface area (Å²) in [7, 11) is 1.62. The third kappa shape index (κ3) is 4.56. The molecule has 184 valence electrons. The van der Waals surface area contributed by atoms with Crippen molar-refractivity contribution in [2.45, 2.75) is 38.8 Å². The zero-order chi connectivity index (χ0) is 25.2. The number of aromatic nitrogens is 2. The van der Waals surface area contributed by atoms with E-state index >= 15 is 0 Å². The highest BCUT2D eigenvalue weighted by Gasteiger charge is 2.36. The molecule has 2 unspecified atom stereocenters. The Bertz CT molecular complexity index is 1350. The molecule has 0 N–H and O–H groups in total. The Morgan fingerprint density at radius 3 is 2.42 bits per heavy atom. The molecule has 6 nitrogen and oxygen atoms in total. The van der Waals surface area contributed by atoms with Gasteiger partial charge in [-0.1, -0.05) is 30.7 Å². The Kier molecular flexibility index (Phi) is 6.70. The minimum atomic E-state index is -0.348. The molecule has 7 heteroatoms. The summed E-state index contributed by atoms with van der Waals surface area (Å²) < 4.78 is 13.6. The average Bonchev–Trinajstić information content (AvgIpc) is 3.43. The van der Waals surface area contributed by atoms with E-state index in [1.165, 1.54) is 0 Å². The predicted octanol–water partition coefficient (Wildman–Crippen LogP) is 6.39. The number of ether oxygens (including phenoxy) is 2. The first kappa shape index (κ1) is 23.9. The van der Waals surface area contributed by atoms with E-state index in [0.29, 0.717) is 16.5 Å². The molecule has 0 radical (unpaired) electrons. The number of methoxy groups -OCH3 is 1. The van der Waals surface area contributed by atoms with E-state index in [0.717, 1.165) is 34.5 Å². The fraction of sp³-hybridized carbons (Fsp3) is 0.241. The smallest absolute Gasteiger partial charge is 0.232 e. The van der Waals surface area contributed by atoms with Crippen LogP contribution in [0.1, 0.15) is 43.0 Å². The summed E-state index contributed by atoms with van der Waals surface area (Å²) in [5, 5.41) is 4.94. The maximum Gasteiger partial charge on any atom is 0.232 e. The lowest BCUT2D eigenvalue weighted by Crippen LogP contribution is -2.41. The number of rotatable bonds is 7. The van der Waals surface area contributed by atoms with Gasteiger partial charge in [-0.3, -0.25) is 4.79 Å². The lowest BCUT2D eigenvalue weighted by Gasteiger charge is -2.38. The molecule has 3 aromatic carbocycles. The fourth-order valence-corrected chi connectivity index (χ4v) is 4.69. The summed E-state index contributed by atoms with van der Waals surface area (Å²) >= 11 is 6.21. The molecule has 0 saturated carbocycles. The van der Waals surface area contributed by atoms with Gasteiger partial charge in [0, 0.05) is 23.1 Å². The zero-order valence-corrected chi connectivity index (χ0v) is 21.3. The molecule has 0 bridgehead atoms. The SMILES string of the molecule is CCC(C)Oc1cc2c(cc1OC)CC(=O)N(c1ccc(-n3cccn3)cc1)C2c1ccc(Cl)cc1. The van der Waals surface area contributed by atoms with Crippen LogP contribution in [0.5, 0.6) is 11.5 Å². The van der Waals surface area contributed by atoms with Gasteiger partial charge in [0.05, 0.1) is 31.4 Å². The molecule has 36 heavy (non-hydrogen) atoms. The number of carbonyl (C=O) groups is 1. The second kappa shape index (κ2) is 10.1. The van der Waals surface area contributed by atoms with Crippen LogP contribution >= 0.6 is 11.6 Å². The van der Waals surface area contributed by atoms with E-state index in [1.807, 2.05) is 84.8 Å². The van der Waals surface area contributed by atoms with Gasteiger partial charge in [0.1, 0.15) is 0 Å². The van der Waals surface area contributed by atoms with Crippen LogP contribution in [0.4, 0.5) is 5.69 Å². The van der Waals surface area contributed by atoms with Crippen molar-refractivity contribution >= 4 is 23.2 Å². The van der Waals surface area contributed by atoms with Crippen molar-refractivity contribution in [2.24, 2.45) is 0 Å². The number of amides is 1. The van der Waals surface area contributed by atoms with Crippen LogP contribution in [-0.4, -0.2) is 28.9 Å². The summed E-state index contributed by atoms with van der Waals surface area (Å²) in [5.41, 5.74) is 4.63. The number of hydrogen-bond acceptors (Lipinski definition) is 4. The van der Waals surface area contributed by atoms with E-state index in [1.54, 1.807) is 18.0 Å². The van der Waals surface area contributed by atoms with Crippen molar-refractivity contribution < 1.29 is 14.3 Å². The fourth-order valence-electron chi connectivity index (χ4n) is 4.56. The number of carbonyl (C=O) groups excluding carboxylic acids is 1. The first-order valence-corrected chi connectivity index (χ1v) is 12.4. The lowest BCUT2D eigenvalue weighted by molar-refractivity contribution is -0.118. The Balaban J connectivity index is 1.64. The molecule has 0 spiro atoms. The second-order valence-electron chi connectivity index (χ2n) is 8.90. The third-order valence-electron chi connectivity index (χ3n) is 6.57. The second-order valence-corrected chi connectivity index (χ2v) is 9.34. The number of anilines is 1. The average molecular weight is 502 g/mol. The van der Waals surface area contributed by atoms with Crippen LogP contribution in [0.3, 0.4) is 0 Å². The molecule has 2 heterocycles. The molecule has 0 saturated heterocycles. The van der Waals surface area contributed by atoms with Gasteiger partial charge in [0.15, 0.2) is 11.5 Å². The molecule has 4 aromatic rings. The van der Waals surface area contributed by atoms with Gasteiger partial charge in [0.25, 0.3) is 0 Å². The largest absolute Gasteiger partial charge is 0.493 e. The molecule has 1 amide bonds. The number of halogens is 1. The Morgan fingerprint density at radius 1 is 1.06 bits per heavy atom. The van der Waals surface area contributed by atoms with Crippen LogP contribution in [-0.2, 0) is 11.2 Å². The zero-order valence-electron chi connectivity index (χ0n) is 20.5. The van der Waals surface area contributed by atoms with Crippen LogP contribution < -0.4 is 14.4 Å². The molecule has 0 aliphatic carbocycles. The first-order valence-electron chi connectivity index (χ1n) is 12.0. The van der Waals surface area contributed by atoms with Gasteiger partial charge >= 0.3 is 0 Å². The summed E-state index contributed by atoms with van der Waals surface area (Å²) in [5.74, 6) is 1.31. The number of fused-ring (bicyclic) bond motifs is 1. The van der Waals surface area contributed by atoms with E-state index in [-0.39, 0.29) is 24.5 Å². The van der Waals surface area contributed by atoms with Crippen molar-refractivity contribution in [3.8, 4) is 17.2 Å².